The number of ether oxygens (including phenoxy) is 1. The van der Waals surface area contributed by atoms with Crippen molar-refractivity contribution >= 4 is 28.7 Å². The predicted molar refractivity (Wildman–Crippen MR) is 131 cm³/mol. The fourth-order valence-electron chi connectivity index (χ4n) is 3.46. The van der Waals surface area contributed by atoms with Crippen molar-refractivity contribution in [2.24, 2.45) is 5.10 Å². The van der Waals surface area contributed by atoms with E-state index in [4.69, 9.17) is 4.74 Å². The minimum atomic E-state index is -0.610. The van der Waals surface area contributed by atoms with Crippen LogP contribution in [0.5, 0.6) is 11.5 Å². The molecular weight excluding hydrogens is 448 g/mol. The molecule has 1 N–H and O–H groups in total. The fourth-order valence-corrected chi connectivity index (χ4v) is 3.46. The molecule has 1 heterocycles. The molecule has 0 aliphatic carbocycles. The quantitative estimate of drug-likeness (QED) is 0.242. The molecule has 1 aromatic heterocycles. The van der Waals surface area contributed by atoms with Gasteiger partial charge in [-0.25, -0.2) is 10.4 Å². The van der Waals surface area contributed by atoms with Gasteiger partial charge in [0, 0.05) is 23.1 Å². The second-order valence-corrected chi connectivity index (χ2v) is 7.94. The number of carbonyl (C=O) groups excluding carboxylic acids is 1. The fraction of sp³-hybridized carbons (Fsp3) is 0.115. The summed E-state index contributed by atoms with van der Waals surface area (Å²) in [7, 11) is 0. The lowest BCUT2D eigenvalue weighted by molar-refractivity contribution is -0.385. The Balaban J connectivity index is 1.63. The van der Waals surface area contributed by atoms with E-state index in [0.29, 0.717) is 22.2 Å². The summed E-state index contributed by atoms with van der Waals surface area (Å²) in [5.74, 6) is -0.232. The molecule has 0 saturated carbocycles. The molecule has 9 heteroatoms. The van der Waals surface area contributed by atoms with Crippen LogP contribution in [-0.2, 0) is 0 Å². The number of amides is 1. The van der Waals surface area contributed by atoms with Gasteiger partial charge in [0.15, 0.2) is 0 Å². The number of fused-ring (bicyclic) bond motifs is 1. The van der Waals surface area contributed by atoms with E-state index in [9.17, 15) is 20.0 Å². The highest BCUT2D eigenvalue weighted by Crippen LogP contribution is 2.27. The van der Waals surface area contributed by atoms with E-state index in [1.54, 1.807) is 18.2 Å². The van der Waals surface area contributed by atoms with Crippen LogP contribution in [-0.4, -0.2) is 28.1 Å². The first kappa shape index (κ1) is 23.4. The molecular formula is C26H21N4O5-. The second-order valence-electron chi connectivity index (χ2n) is 7.94. The molecule has 0 bridgehead atoms. The average Bonchev–Trinajstić information content (AvgIpc) is 2.84. The van der Waals surface area contributed by atoms with Gasteiger partial charge in [-0.1, -0.05) is 30.0 Å². The lowest BCUT2D eigenvalue weighted by Gasteiger charge is -2.12. The molecule has 0 atom stereocenters. The summed E-state index contributed by atoms with van der Waals surface area (Å²) in [5, 5.41) is 27.4. The Morgan fingerprint density at radius 3 is 2.54 bits per heavy atom. The Morgan fingerprint density at radius 2 is 1.83 bits per heavy atom. The van der Waals surface area contributed by atoms with E-state index < -0.39 is 16.6 Å². The summed E-state index contributed by atoms with van der Waals surface area (Å²) < 4.78 is 5.69. The summed E-state index contributed by atoms with van der Waals surface area (Å²) in [5.41, 5.74) is 4.51. The van der Waals surface area contributed by atoms with Crippen molar-refractivity contribution < 1.29 is 19.6 Å². The Morgan fingerprint density at radius 1 is 1.09 bits per heavy atom. The number of rotatable bonds is 7. The number of hydrazone groups is 1. The molecule has 176 valence electrons. The highest BCUT2D eigenvalue weighted by Gasteiger charge is 2.14. The number of carbonyl (C=O) groups is 1. The summed E-state index contributed by atoms with van der Waals surface area (Å²) >= 11 is 0. The van der Waals surface area contributed by atoms with Crippen LogP contribution in [0.2, 0.25) is 0 Å². The predicted octanol–water partition coefficient (Wildman–Crippen LogP) is 4.43. The Labute approximate surface area is 200 Å². The number of nitro groups is 1. The van der Waals surface area contributed by atoms with E-state index in [-0.39, 0.29) is 17.4 Å². The highest BCUT2D eigenvalue weighted by atomic mass is 16.6. The van der Waals surface area contributed by atoms with Gasteiger partial charge in [-0.3, -0.25) is 14.9 Å². The van der Waals surface area contributed by atoms with Crippen molar-refractivity contribution in [2.45, 2.75) is 20.0 Å². The van der Waals surface area contributed by atoms with Gasteiger partial charge in [0.2, 0.25) is 0 Å². The zero-order chi connectivity index (χ0) is 24.9. The summed E-state index contributed by atoms with van der Waals surface area (Å²) in [6.07, 6.45) is 1.14. The Hall–Kier alpha value is -4.79. The molecule has 35 heavy (non-hydrogen) atoms. The Kier molecular flexibility index (Phi) is 6.68. The minimum absolute atomic E-state index is 0.0107. The van der Waals surface area contributed by atoms with E-state index in [1.807, 2.05) is 50.2 Å². The molecule has 4 aromatic rings. The van der Waals surface area contributed by atoms with Crippen LogP contribution in [0.3, 0.4) is 0 Å². The standard InChI is InChI=1S/C26H22N4O5/c1-16(2)35-20-10-7-17(8-11-20)24-14-22(21-5-3-4-6-23(21)28-24)26(32)29-27-15-18-13-19(30(33)34)9-12-25(18)31/h3-16,31H,1-2H3,(H,29,32)/p-1/b27-15-. The minimum Gasteiger partial charge on any atom is -0.872 e. The van der Waals surface area contributed by atoms with Gasteiger partial charge in [0.25, 0.3) is 11.6 Å². The number of hydrogen-bond donors (Lipinski definition) is 1. The topological polar surface area (TPSA) is 130 Å². The number of para-hydroxylation sites is 1. The Bertz CT molecular complexity index is 1430. The number of hydrogen-bond acceptors (Lipinski definition) is 7. The van der Waals surface area contributed by atoms with Gasteiger partial charge < -0.3 is 9.84 Å². The van der Waals surface area contributed by atoms with Crippen molar-refractivity contribution in [3.63, 3.8) is 0 Å². The van der Waals surface area contributed by atoms with Gasteiger partial charge >= 0.3 is 0 Å². The zero-order valence-electron chi connectivity index (χ0n) is 19.0. The van der Waals surface area contributed by atoms with Crippen molar-refractivity contribution in [3.8, 4) is 22.8 Å². The molecule has 9 nitrogen and oxygen atoms in total. The van der Waals surface area contributed by atoms with Crippen LogP contribution in [0.4, 0.5) is 5.69 Å². The molecule has 0 unspecified atom stereocenters. The number of aromatic nitrogens is 1. The van der Waals surface area contributed by atoms with Crippen molar-refractivity contribution in [2.75, 3.05) is 0 Å². The normalized spacial score (nSPS) is 11.2. The van der Waals surface area contributed by atoms with Crippen molar-refractivity contribution in [1.82, 2.24) is 10.4 Å². The first-order chi connectivity index (χ1) is 16.8. The third-order valence-corrected chi connectivity index (χ3v) is 5.06. The maximum atomic E-state index is 13.0. The van der Waals surface area contributed by atoms with Crippen LogP contribution in [0.25, 0.3) is 22.2 Å². The number of nitrogens with one attached hydrogen (secondary N) is 1. The van der Waals surface area contributed by atoms with Crippen LogP contribution in [0, 0.1) is 10.1 Å². The summed E-state index contributed by atoms with van der Waals surface area (Å²) in [6, 6.07) is 19.6. The average molecular weight is 469 g/mol. The number of non-ortho nitro benzene ring substituents is 1. The molecule has 1 amide bonds. The smallest absolute Gasteiger partial charge is 0.272 e. The molecule has 0 spiro atoms. The lowest BCUT2D eigenvalue weighted by Crippen LogP contribution is -2.18. The lowest BCUT2D eigenvalue weighted by atomic mass is 10.0. The van der Waals surface area contributed by atoms with E-state index in [1.165, 1.54) is 0 Å². The van der Waals surface area contributed by atoms with E-state index >= 15 is 0 Å². The molecule has 0 fully saturated rings. The van der Waals surface area contributed by atoms with Gasteiger partial charge in [-0.05, 0) is 55.8 Å². The van der Waals surface area contributed by atoms with Crippen LogP contribution in [0.15, 0.2) is 77.9 Å². The molecule has 0 radical (unpaired) electrons. The van der Waals surface area contributed by atoms with Gasteiger partial charge in [0.05, 0.1) is 34.0 Å². The number of benzene rings is 3. The van der Waals surface area contributed by atoms with Crippen molar-refractivity contribution in [1.29, 1.82) is 0 Å². The monoisotopic (exact) mass is 469 g/mol. The molecule has 0 saturated heterocycles. The number of nitro benzene ring substituents is 1. The highest BCUT2D eigenvalue weighted by molar-refractivity contribution is 6.07. The first-order valence-corrected chi connectivity index (χ1v) is 10.8. The van der Waals surface area contributed by atoms with E-state index in [0.717, 1.165) is 35.7 Å². The number of pyridine rings is 1. The summed E-state index contributed by atoms with van der Waals surface area (Å²) in [4.78, 5) is 28.0. The van der Waals surface area contributed by atoms with Gasteiger partial charge in [0.1, 0.15) is 5.75 Å². The molecule has 3 aromatic carbocycles. The first-order valence-electron chi connectivity index (χ1n) is 10.8. The van der Waals surface area contributed by atoms with Gasteiger partial charge in [-0.15, -0.1) is 0 Å². The maximum absolute atomic E-state index is 13.0. The van der Waals surface area contributed by atoms with Crippen molar-refractivity contribution in [3.05, 3.63) is 94.0 Å². The second kappa shape index (κ2) is 10.0. The zero-order valence-corrected chi connectivity index (χ0v) is 19.0. The van der Waals surface area contributed by atoms with Crippen LogP contribution < -0.4 is 15.3 Å². The van der Waals surface area contributed by atoms with Crippen LogP contribution >= 0.6 is 0 Å². The third-order valence-electron chi connectivity index (χ3n) is 5.06. The molecule has 0 aliphatic rings. The molecule has 4 rings (SSSR count). The summed E-state index contributed by atoms with van der Waals surface area (Å²) in [6.45, 7) is 3.89. The van der Waals surface area contributed by atoms with Crippen LogP contribution in [0.1, 0.15) is 29.8 Å². The van der Waals surface area contributed by atoms with E-state index in [2.05, 4.69) is 15.5 Å². The number of nitrogens with zero attached hydrogens (tertiary/aromatic N) is 3. The van der Waals surface area contributed by atoms with Gasteiger partial charge in [-0.2, -0.15) is 5.10 Å². The SMILES string of the molecule is CC(C)Oc1ccc(-c2cc(C(=O)N/N=C\c3cc([N+](=O)[O-])ccc3[O-])c3ccccc3n2)cc1. The maximum Gasteiger partial charge on any atom is 0.272 e. The molecule has 0 aliphatic heterocycles. The third kappa shape index (κ3) is 5.41. The largest absolute Gasteiger partial charge is 0.872 e.